The van der Waals surface area contributed by atoms with E-state index in [0.29, 0.717) is 0 Å². The van der Waals surface area contributed by atoms with E-state index in [4.69, 9.17) is 8.83 Å². The van der Waals surface area contributed by atoms with Crippen LogP contribution in [0, 0.1) is 0 Å². The molecular formula is C29H16N2O2. The minimum Gasteiger partial charge on any atom is -0.454 e. The van der Waals surface area contributed by atoms with Gasteiger partial charge in [-0.1, -0.05) is 42.5 Å². The highest BCUT2D eigenvalue weighted by molar-refractivity contribution is 6.35. The van der Waals surface area contributed by atoms with Gasteiger partial charge in [-0.05, 0) is 41.8 Å². The summed E-state index contributed by atoms with van der Waals surface area (Å²) in [4.78, 5) is 0. The Morgan fingerprint density at radius 1 is 0.545 bits per heavy atom. The SMILES string of the molecule is Cn1c2cccc3c2c2c1ccc1c4oc5ccccc5c4n(c4oc5ccccc5c34)c12. The maximum atomic E-state index is 6.65. The molecule has 0 aliphatic rings. The standard InChI is InChI=1S/C29H16N2O2/c1-30-19-10-6-9-17-23-15-7-2-4-11-21(15)33-29(23)31-26-18(13-14-20(30)25(26)24(17)19)28-27(31)16-8-3-5-12-22(16)32-28/h2-14H,1H3. The van der Waals surface area contributed by atoms with Crippen molar-refractivity contribution in [2.24, 2.45) is 7.05 Å². The lowest BCUT2D eigenvalue weighted by Crippen LogP contribution is -1.88. The van der Waals surface area contributed by atoms with Crippen LogP contribution in [-0.4, -0.2) is 8.97 Å². The third kappa shape index (κ3) is 1.65. The summed E-state index contributed by atoms with van der Waals surface area (Å²) in [6, 6.07) is 27.7. The van der Waals surface area contributed by atoms with E-state index in [-0.39, 0.29) is 0 Å². The minimum atomic E-state index is 0.863. The lowest BCUT2D eigenvalue weighted by molar-refractivity contribution is 0.650. The van der Waals surface area contributed by atoms with Gasteiger partial charge in [0.2, 0.25) is 5.71 Å². The first-order chi connectivity index (χ1) is 16.3. The lowest BCUT2D eigenvalue weighted by atomic mass is 10.0. The van der Waals surface area contributed by atoms with Gasteiger partial charge in [-0.2, -0.15) is 0 Å². The van der Waals surface area contributed by atoms with E-state index < -0.39 is 0 Å². The van der Waals surface area contributed by atoms with Crippen molar-refractivity contribution >= 4 is 82.2 Å². The van der Waals surface area contributed by atoms with Gasteiger partial charge in [0.05, 0.1) is 16.4 Å². The minimum absolute atomic E-state index is 0.863. The smallest absolute Gasteiger partial charge is 0.213 e. The third-order valence-corrected chi connectivity index (χ3v) is 7.48. The Hall–Kier alpha value is -4.44. The molecule has 4 nitrogen and oxygen atoms in total. The maximum absolute atomic E-state index is 6.65. The molecule has 33 heavy (non-hydrogen) atoms. The fourth-order valence-electron chi connectivity index (χ4n) is 6.14. The number of nitrogens with zero attached hydrogens (tertiary/aromatic N) is 2. The number of para-hydroxylation sites is 2. The van der Waals surface area contributed by atoms with Gasteiger partial charge in [0.25, 0.3) is 0 Å². The van der Waals surface area contributed by atoms with Crippen molar-refractivity contribution in [2.75, 3.05) is 0 Å². The summed E-state index contributed by atoms with van der Waals surface area (Å²) in [7, 11) is 2.16. The Labute approximate surface area is 186 Å². The zero-order chi connectivity index (χ0) is 21.4. The normalized spacial score (nSPS) is 13.0. The predicted molar refractivity (Wildman–Crippen MR) is 135 cm³/mol. The van der Waals surface area contributed by atoms with Crippen LogP contribution < -0.4 is 0 Å². The van der Waals surface area contributed by atoms with Crippen LogP contribution in [0.4, 0.5) is 0 Å². The van der Waals surface area contributed by atoms with Crippen LogP contribution in [0.2, 0.25) is 0 Å². The molecule has 0 spiro atoms. The number of furan rings is 2. The molecule has 9 aromatic rings. The molecule has 4 aromatic carbocycles. The number of benzene rings is 4. The number of aryl methyl sites for hydroxylation is 1. The summed E-state index contributed by atoms with van der Waals surface area (Å²) in [5, 5.41) is 8.24. The molecule has 0 fully saturated rings. The fraction of sp³-hybridized carbons (Fsp3) is 0.0345. The van der Waals surface area contributed by atoms with E-state index >= 15 is 0 Å². The third-order valence-electron chi connectivity index (χ3n) is 7.48. The van der Waals surface area contributed by atoms with Crippen molar-refractivity contribution in [3.05, 3.63) is 78.9 Å². The largest absolute Gasteiger partial charge is 0.454 e. The first kappa shape index (κ1) is 16.2. The monoisotopic (exact) mass is 424 g/mol. The van der Waals surface area contributed by atoms with Crippen molar-refractivity contribution in [2.45, 2.75) is 0 Å². The highest BCUT2D eigenvalue weighted by Gasteiger charge is 2.26. The van der Waals surface area contributed by atoms with Crippen LogP contribution >= 0.6 is 0 Å². The summed E-state index contributed by atoms with van der Waals surface area (Å²) in [6.45, 7) is 0. The molecule has 0 amide bonds. The van der Waals surface area contributed by atoms with Crippen LogP contribution in [0.15, 0.2) is 87.7 Å². The molecule has 0 unspecified atom stereocenters. The van der Waals surface area contributed by atoms with Gasteiger partial charge in [-0.25, -0.2) is 0 Å². The molecule has 0 aliphatic carbocycles. The summed E-state index contributed by atoms with van der Waals surface area (Å²) < 4.78 is 17.7. The van der Waals surface area contributed by atoms with Gasteiger partial charge in [-0.15, -0.1) is 0 Å². The van der Waals surface area contributed by atoms with Crippen LogP contribution in [0.3, 0.4) is 0 Å². The first-order valence-electron chi connectivity index (χ1n) is 11.2. The summed E-state index contributed by atoms with van der Waals surface area (Å²) in [5.74, 6) is 0. The van der Waals surface area contributed by atoms with E-state index in [1.54, 1.807) is 0 Å². The quantitative estimate of drug-likeness (QED) is 0.247. The predicted octanol–water partition coefficient (Wildman–Crippen LogP) is 7.97. The van der Waals surface area contributed by atoms with Gasteiger partial charge < -0.3 is 13.4 Å². The van der Waals surface area contributed by atoms with Gasteiger partial charge in [0, 0.05) is 39.5 Å². The molecule has 0 saturated carbocycles. The van der Waals surface area contributed by atoms with Crippen LogP contribution in [0.1, 0.15) is 0 Å². The molecule has 0 saturated heterocycles. The van der Waals surface area contributed by atoms with Crippen molar-refractivity contribution < 1.29 is 8.83 Å². The topological polar surface area (TPSA) is 35.6 Å². The molecule has 5 aromatic heterocycles. The first-order valence-corrected chi connectivity index (χ1v) is 11.2. The van der Waals surface area contributed by atoms with Gasteiger partial charge in [0.15, 0.2) is 5.58 Å². The molecule has 154 valence electrons. The van der Waals surface area contributed by atoms with Crippen LogP contribution in [0.5, 0.6) is 0 Å². The van der Waals surface area contributed by atoms with Gasteiger partial charge in [0.1, 0.15) is 16.7 Å². The van der Waals surface area contributed by atoms with E-state index in [2.05, 4.69) is 76.7 Å². The molecule has 0 radical (unpaired) electrons. The molecule has 0 aliphatic heterocycles. The number of hydrogen-bond donors (Lipinski definition) is 0. The summed E-state index contributed by atoms with van der Waals surface area (Å²) in [6.07, 6.45) is 0. The van der Waals surface area contributed by atoms with Crippen molar-refractivity contribution in [3.63, 3.8) is 0 Å². The molecule has 4 heteroatoms. The van der Waals surface area contributed by atoms with E-state index in [0.717, 1.165) is 55.0 Å². The molecule has 0 atom stereocenters. The lowest BCUT2D eigenvalue weighted by Gasteiger charge is -2.01. The second kappa shape index (κ2) is 5.13. The molecule has 9 rings (SSSR count). The van der Waals surface area contributed by atoms with Crippen LogP contribution in [-0.2, 0) is 7.05 Å². The zero-order valence-corrected chi connectivity index (χ0v) is 17.7. The average molecular weight is 424 g/mol. The second-order valence-electron chi connectivity index (χ2n) is 9.00. The van der Waals surface area contributed by atoms with E-state index in [9.17, 15) is 0 Å². The average Bonchev–Trinajstić information content (AvgIpc) is 3.55. The number of rotatable bonds is 0. The Balaban J connectivity index is 1.81. The van der Waals surface area contributed by atoms with Crippen molar-refractivity contribution in [1.82, 2.24) is 8.97 Å². The number of fused-ring (bicyclic) bond motifs is 10. The number of hydrogen-bond acceptors (Lipinski definition) is 2. The Morgan fingerprint density at radius 2 is 1.27 bits per heavy atom. The van der Waals surface area contributed by atoms with E-state index in [1.807, 2.05) is 18.2 Å². The fourth-order valence-corrected chi connectivity index (χ4v) is 6.14. The Bertz CT molecular complexity index is 2250. The highest BCUT2D eigenvalue weighted by Crippen LogP contribution is 2.47. The molecule has 0 N–H and O–H groups in total. The highest BCUT2D eigenvalue weighted by atomic mass is 16.3. The number of aromatic nitrogens is 2. The summed E-state index contributed by atoms with van der Waals surface area (Å²) in [5.41, 5.74) is 8.23. The molecule has 5 heterocycles. The second-order valence-corrected chi connectivity index (χ2v) is 9.00. The molecular weight excluding hydrogens is 408 g/mol. The Morgan fingerprint density at radius 3 is 2.15 bits per heavy atom. The van der Waals surface area contributed by atoms with Gasteiger partial charge >= 0.3 is 0 Å². The zero-order valence-electron chi connectivity index (χ0n) is 17.7. The van der Waals surface area contributed by atoms with Crippen molar-refractivity contribution in [3.8, 4) is 0 Å². The van der Waals surface area contributed by atoms with E-state index in [1.165, 1.54) is 27.2 Å². The Kier molecular flexibility index (Phi) is 2.52. The van der Waals surface area contributed by atoms with Crippen molar-refractivity contribution in [1.29, 1.82) is 0 Å². The van der Waals surface area contributed by atoms with Gasteiger partial charge in [-0.3, -0.25) is 4.40 Å². The molecule has 0 bridgehead atoms. The maximum Gasteiger partial charge on any atom is 0.213 e. The summed E-state index contributed by atoms with van der Waals surface area (Å²) >= 11 is 0. The van der Waals surface area contributed by atoms with Crippen LogP contribution in [0.25, 0.3) is 82.2 Å².